The van der Waals surface area contributed by atoms with E-state index in [0.717, 1.165) is 6.26 Å². The zero-order chi connectivity index (χ0) is 19.4. The van der Waals surface area contributed by atoms with Crippen LogP contribution in [-0.2, 0) is 14.8 Å². The summed E-state index contributed by atoms with van der Waals surface area (Å²) in [4.78, 5) is 25.5. The number of nitrogens with one attached hydrogen (secondary N) is 2. The van der Waals surface area contributed by atoms with Crippen LogP contribution in [-0.4, -0.2) is 51.5 Å². The number of nitrogens with zero attached hydrogens (tertiary/aromatic N) is 1. The molecule has 0 aliphatic carbocycles. The maximum Gasteiger partial charge on any atom is 0.255 e. The van der Waals surface area contributed by atoms with Gasteiger partial charge in [0.15, 0.2) is 0 Å². The Morgan fingerprint density at radius 2 is 1.85 bits per heavy atom. The van der Waals surface area contributed by atoms with Crippen molar-refractivity contribution in [2.75, 3.05) is 36.4 Å². The molecule has 0 heterocycles. The van der Waals surface area contributed by atoms with Crippen LogP contribution in [0.25, 0.3) is 0 Å². The minimum absolute atomic E-state index is 0. The fourth-order valence-corrected chi connectivity index (χ4v) is 2.85. The number of rotatable bonds is 7. The highest BCUT2D eigenvalue weighted by Gasteiger charge is 2.24. The monoisotopic (exact) mass is 406 g/mol. The lowest BCUT2D eigenvalue weighted by Crippen LogP contribution is -2.40. The zero-order valence-corrected chi connectivity index (χ0v) is 17.3. The highest BCUT2D eigenvalue weighted by Crippen LogP contribution is 2.24. The van der Waals surface area contributed by atoms with Gasteiger partial charge in [-0.15, -0.1) is 12.4 Å². The molecule has 1 rings (SSSR count). The molecule has 10 heteroatoms. The predicted molar refractivity (Wildman–Crippen MR) is 106 cm³/mol. The third kappa shape index (κ3) is 7.59. The molecule has 1 aromatic rings. The van der Waals surface area contributed by atoms with Gasteiger partial charge in [-0.05, 0) is 30.2 Å². The molecule has 1 aromatic carbocycles. The van der Waals surface area contributed by atoms with E-state index in [1.807, 2.05) is 13.8 Å². The average molecular weight is 407 g/mol. The van der Waals surface area contributed by atoms with E-state index in [2.05, 4.69) is 10.0 Å². The molecular weight excluding hydrogens is 380 g/mol. The van der Waals surface area contributed by atoms with Crippen LogP contribution in [0.1, 0.15) is 31.1 Å². The van der Waals surface area contributed by atoms with E-state index in [-0.39, 0.29) is 40.9 Å². The van der Waals surface area contributed by atoms with Crippen LogP contribution >= 0.6 is 12.4 Å². The summed E-state index contributed by atoms with van der Waals surface area (Å²) in [6.07, 6.45) is 1.00. The number of amides is 2. The van der Waals surface area contributed by atoms with Crippen LogP contribution in [0.3, 0.4) is 0 Å². The molecule has 0 spiro atoms. The van der Waals surface area contributed by atoms with Gasteiger partial charge in [-0.2, -0.15) is 0 Å². The second kappa shape index (κ2) is 9.20. The van der Waals surface area contributed by atoms with E-state index in [9.17, 15) is 18.0 Å². The Morgan fingerprint density at radius 3 is 2.31 bits per heavy atom. The molecule has 0 saturated heterocycles. The molecule has 4 N–H and O–H groups in total. The normalized spacial score (nSPS) is 11.3. The van der Waals surface area contributed by atoms with Crippen LogP contribution in [0, 0.1) is 5.41 Å². The Labute approximate surface area is 161 Å². The van der Waals surface area contributed by atoms with Gasteiger partial charge in [0.25, 0.3) is 5.91 Å². The topological polar surface area (TPSA) is 122 Å². The summed E-state index contributed by atoms with van der Waals surface area (Å²) in [5.74, 6) is -0.667. The third-order valence-corrected chi connectivity index (χ3v) is 4.02. The number of hydrogen-bond acceptors (Lipinski definition) is 5. The first-order chi connectivity index (χ1) is 11.3. The fourth-order valence-electron chi connectivity index (χ4n) is 2.27. The lowest BCUT2D eigenvalue weighted by atomic mass is 9.93. The van der Waals surface area contributed by atoms with Gasteiger partial charge in [-0.3, -0.25) is 14.3 Å². The first kappa shape index (κ1) is 24.2. The van der Waals surface area contributed by atoms with Gasteiger partial charge in [-0.1, -0.05) is 13.8 Å². The largest absolute Gasteiger partial charge is 0.341 e. The summed E-state index contributed by atoms with van der Waals surface area (Å²) in [5.41, 5.74) is 6.12. The average Bonchev–Trinajstić information content (AvgIpc) is 2.45. The van der Waals surface area contributed by atoms with E-state index in [1.165, 1.54) is 30.0 Å². The third-order valence-electron chi connectivity index (χ3n) is 3.43. The maximum absolute atomic E-state index is 12.8. The molecule has 0 saturated carbocycles. The SMILES string of the molecule is CC(=O)Nc1ccc(NS(C)(=O)=O)c(C(=O)N(C)CC(C)(C)CN)c1.Cl. The number of halogens is 1. The molecule has 2 amide bonds. The lowest BCUT2D eigenvalue weighted by molar-refractivity contribution is -0.114. The molecule has 0 bridgehead atoms. The standard InChI is InChI=1S/C16H26N4O4S.ClH/c1-11(21)18-12-6-7-14(19-25(5,23)24)13(8-12)15(22)20(4)10-16(2,3)9-17;/h6-8,19H,9-10,17H2,1-5H3,(H,18,21);1H. The minimum atomic E-state index is -3.56. The Bertz CT molecular complexity index is 766. The van der Waals surface area contributed by atoms with Crippen molar-refractivity contribution in [2.45, 2.75) is 20.8 Å². The number of hydrogen-bond donors (Lipinski definition) is 3. The lowest BCUT2D eigenvalue weighted by Gasteiger charge is -2.29. The van der Waals surface area contributed by atoms with Crippen molar-refractivity contribution in [3.05, 3.63) is 23.8 Å². The van der Waals surface area contributed by atoms with Gasteiger partial charge in [0.05, 0.1) is 17.5 Å². The highest BCUT2D eigenvalue weighted by atomic mass is 35.5. The maximum atomic E-state index is 12.8. The van der Waals surface area contributed by atoms with Crippen LogP contribution in [0.2, 0.25) is 0 Å². The van der Waals surface area contributed by atoms with E-state index in [4.69, 9.17) is 5.73 Å². The highest BCUT2D eigenvalue weighted by molar-refractivity contribution is 7.92. The number of carbonyl (C=O) groups excluding carboxylic acids is 2. The molecule has 0 aliphatic rings. The molecule has 148 valence electrons. The molecule has 0 atom stereocenters. The Kier molecular flexibility index (Phi) is 8.55. The van der Waals surface area contributed by atoms with Crippen LogP contribution < -0.4 is 15.8 Å². The quantitative estimate of drug-likeness (QED) is 0.633. The van der Waals surface area contributed by atoms with Crippen LogP contribution in [0.5, 0.6) is 0 Å². The number of carbonyl (C=O) groups is 2. The predicted octanol–water partition coefficient (Wildman–Crippen LogP) is 1.50. The van der Waals surface area contributed by atoms with Gasteiger partial charge < -0.3 is 16.0 Å². The first-order valence-electron chi connectivity index (χ1n) is 7.69. The molecule has 8 nitrogen and oxygen atoms in total. The van der Waals surface area contributed by atoms with Crippen molar-refractivity contribution in [3.8, 4) is 0 Å². The molecule has 26 heavy (non-hydrogen) atoms. The van der Waals surface area contributed by atoms with Gasteiger partial charge in [0.1, 0.15) is 0 Å². The Hall–Kier alpha value is -1.84. The van der Waals surface area contributed by atoms with E-state index in [1.54, 1.807) is 7.05 Å². The Balaban J connectivity index is 0.00000625. The van der Waals surface area contributed by atoms with Crippen molar-refractivity contribution in [1.29, 1.82) is 0 Å². The molecule has 0 aromatic heterocycles. The second-order valence-electron chi connectivity index (χ2n) is 6.85. The summed E-state index contributed by atoms with van der Waals surface area (Å²) in [7, 11) is -1.94. The van der Waals surface area contributed by atoms with Crippen molar-refractivity contribution in [1.82, 2.24) is 4.90 Å². The van der Waals surface area contributed by atoms with Crippen LogP contribution in [0.15, 0.2) is 18.2 Å². The summed E-state index contributed by atoms with van der Waals surface area (Å²) in [6.45, 7) is 6.00. The summed E-state index contributed by atoms with van der Waals surface area (Å²) in [5, 5.41) is 2.58. The number of anilines is 2. The smallest absolute Gasteiger partial charge is 0.255 e. The fraction of sp³-hybridized carbons (Fsp3) is 0.500. The second-order valence-corrected chi connectivity index (χ2v) is 8.59. The van der Waals surface area contributed by atoms with E-state index < -0.39 is 10.0 Å². The zero-order valence-electron chi connectivity index (χ0n) is 15.6. The van der Waals surface area contributed by atoms with Gasteiger partial charge >= 0.3 is 0 Å². The molecular formula is C16H27ClN4O4S. The molecule has 0 fully saturated rings. The summed E-state index contributed by atoms with van der Waals surface area (Å²) in [6, 6.07) is 4.42. The molecule has 0 radical (unpaired) electrons. The van der Waals surface area contributed by atoms with Crippen molar-refractivity contribution in [2.24, 2.45) is 11.1 Å². The van der Waals surface area contributed by atoms with Crippen molar-refractivity contribution in [3.63, 3.8) is 0 Å². The number of sulfonamides is 1. The minimum Gasteiger partial charge on any atom is -0.341 e. The summed E-state index contributed by atoms with van der Waals surface area (Å²) < 4.78 is 25.5. The first-order valence-corrected chi connectivity index (χ1v) is 9.59. The number of nitrogens with two attached hydrogens (primary N) is 1. The van der Waals surface area contributed by atoms with Crippen LogP contribution in [0.4, 0.5) is 11.4 Å². The van der Waals surface area contributed by atoms with Crippen molar-refractivity contribution < 1.29 is 18.0 Å². The molecule has 0 unspecified atom stereocenters. The van der Waals surface area contributed by atoms with Crippen molar-refractivity contribution >= 4 is 45.6 Å². The van der Waals surface area contributed by atoms with E-state index in [0.29, 0.717) is 18.8 Å². The van der Waals surface area contributed by atoms with Gasteiger partial charge in [0, 0.05) is 26.2 Å². The van der Waals surface area contributed by atoms with E-state index >= 15 is 0 Å². The number of benzene rings is 1. The van der Waals surface area contributed by atoms with Gasteiger partial charge in [-0.25, -0.2) is 8.42 Å². The summed E-state index contributed by atoms with van der Waals surface area (Å²) >= 11 is 0. The Morgan fingerprint density at radius 1 is 1.27 bits per heavy atom. The van der Waals surface area contributed by atoms with Gasteiger partial charge in [0.2, 0.25) is 15.9 Å². The molecule has 0 aliphatic heterocycles.